The molecule has 0 aliphatic heterocycles. The lowest BCUT2D eigenvalue weighted by Crippen LogP contribution is -2.25. The van der Waals surface area contributed by atoms with Gasteiger partial charge >= 0.3 is 0 Å². The maximum absolute atomic E-state index is 5.80. The van der Waals surface area contributed by atoms with Crippen molar-refractivity contribution < 1.29 is 0 Å². The van der Waals surface area contributed by atoms with Crippen LogP contribution in [0.15, 0.2) is 30.6 Å². The lowest BCUT2D eigenvalue weighted by Gasteiger charge is -2.21. The van der Waals surface area contributed by atoms with Crippen LogP contribution < -0.4 is 5.73 Å². The standard InChI is InChI=1S/C15H23N5/c1-3-19(11-15-17-12-18-20(15)4-2)10-14-8-6-5-7-13(14)9-16/h5-8,12H,3-4,9-11,16H2,1-2H3. The summed E-state index contributed by atoms with van der Waals surface area (Å²) in [6.07, 6.45) is 1.63. The first kappa shape index (κ1) is 14.7. The van der Waals surface area contributed by atoms with E-state index in [1.807, 2.05) is 10.7 Å². The van der Waals surface area contributed by atoms with Crippen molar-refractivity contribution in [2.24, 2.45) is 5.73 Å². The molecule has 0 aliphatic carbocycles. The van der Waals surface area contributed by atoms with E-state index < -0.39 is 0 Å². The first-order valence-electron chi connectivity index (χ1n) is 7.14. The van der Waals surface area contributed by atoms with E-state index >= 15 is 0 Å². The maximum atomic E-state index is 5.80. The van der Waals surface area contributed by atoms with Crippen molar-refractivity contribution in [3.05, 3.63) is 47.5 Å². The number of nitrogens with zero attached hydrogens (tertiary/aromatic N) is 4. The average molecular weight is 273 g/mol. The van der Waals surface area contributed by atoms with Gasteiger partial charge in [-0.2, -0.15) is 5.10 Å². The largest absolute Gasteiger partial charge is 0.326 e. The van der Waals surface area contributed by atoms with Gasteiger partial charge < -0.3 is 5.73 Å². The Bertz CT molecular complexity index is 535. The van der Waals surface area contributed by atoms with Crippen molar-refractivity contribution >= 4 is 0 Å². The van der Waals surface area contributed by atoms with Crippen molar-refractivity contribution in [3.63, 3.8) is 0 Å². The minimum atomic E-state index is 0.582. The molecular formula is C15H23N5. The lowest BCUT2D eigenvalue weighted by atomic mass is 10.1. The summed E-state index contributed by atoms with van der Waals surface area (Å²) in [4.78, 5) is 6.70. The van der Waals surface area contributed by atoms with E-state index in [0.717, 1.165) is 32.0 Å². The second-order valence-corrected chi connectivity index (χ2v) is 4.77. The average Bonchev–Trinajstić information content (AvgIpc) is 2.94. The third-order valence-electron chi connectivity index (χ3n) is 3.54. The number of hydrogen-bond acceptors (Lipinski definition) is 4. The fourth-order valence-corrected chi connectivity index (χ4v) is 2.31. The third-order valence-corrected chi connectivity index (χ3v) is 3.54. The molecule has 1 aromatic carbocycles. The van der Waals surface area contributed by atoms with E-state index in [9.17, 15) is 0 Å². The number of benzene rings is 1. The Morgan fingerprint density at radius 1 is 1.15 bits per heavy atom. The first-order valence-corrected chi connectivity index (χ1v) is 7.14. The molecule has 2 N–H and O–H groups in total. The van der Waals surface area contributed by atoms with Crippen LogP contribution in [0.4, 0.5) is 0 Å². The topological polar surface area (TPSA) is 60.0 Å². The summed E-state index contributed by atoms with van der Waals surface area (Å²) in [6.45, 7) is 8.35. The smallest absolute Gasteiger partial charge is 0.141 e. The summed E-state index contributed by atoms with van der Waals surface area (Å²) < 4.78 is 1.94. The van der Waals surface area contributed by atoms with Crippen molar-refractivity contribution in [1.82, 2.24) is 19.7 Å². The van der Waals surface area contributed by atoms with Crippen LogP contribution in [-0.4, -0.2) is 26.2 Å². The zero-order chi connectivity index (χ0) is 14.4. The Morgan fingerprint density at radius 3 is 2.55 bits per heavy atom. The van der Waals surface area contributed by atoms with E-state index in [2.05, 4.69) is 47.0 Å². The van der Waals surface area contributed by atoms with E-state index in [0.29, 0.717) is 6.54 Å². The van der Waals surface area contributed by atoms with Crippen LogP contribution in [0.2, 0.25) is 0 Å². The van der Waals surface area contributed by atoms with Gasteiger partial charge in [0.05, 0.1) is 6.54 Å². The van der Waals surface area contributed by atoms with Crippen molar-refractivity contribution in [3.8, 4) is 0 Å². The number of aryl methyl sites for hydroxylation is 1. The minimum absolute atomic E-state index is 0.582. The number of rotatable bonds is 7. The Labute approximate surface area is 120 Å². The highest BCUT2D eigenvalue weighted by Gasteiger charge is 2.11. The molecule has 1 aromatic heterocycles. The minimum Gasteiger partial charge on any atom is -0.326 e. The van der Waals surface area contributed by atoms with Gasteiger partial charge in [-0.1, -0.05) is 31.2 Å². The molecule has 0 saturated heterocycles. The van der Waals surface area contributed by atoms with Crippen molar-refractivity contribution in [2.75, 3.05) is 6.54 Å². The van der Waals surface area contributed by atoms with Gasteiger partial charge in [0.1, 0.15) is 12.2 Å². The van der Waals surface area contributed by atoms with Gasteiger partial charge in [-0.15, -0.1) is 0 Å². The van der Waals surface area contributed by atoms with Crippen molar-refractivity contribution in [1.29, 1.82) is 0 Å². The summed E-state index contributed by atoms with van der Waals surface area (Å²) in [7, 11) is 0. The quantitative estimate of drug-likeness (QED) is 0.835. The summed E-state index contributed by atoms with van der Waals surface area (Å²) >= 11 is 0. The molecule has 108 valence electrons. The van der Waals surface area contributed by atoms with Crippen LogP contribution >= 0.6 is 0 Å². The first-order chi connectivity index (χ1) is 9.78. The van der Waals surface area contributed by atoms with Crippen LogP contribution in [-0.2, 0) is 26.2 Å². The van der Waals surface area contributed by atoms with Crippen molar-refractivity contribution in [2.45, 2.75) is 40.0 Å². The number of hydrogen-bond donors (Lipinski definition) is 1. The SMILES string of the molecule is CCN(Cc1ccccc1CN)Cc1ncnn1CC. The molecular weight excluding hydrogens is 250 g/mol. The second kappa shape index (κ2) is 7.17. The molecule has 20 heavy (non-hydrogen) atoms. The van der Waals surface area contributed by atoms with Gasteiger partial charge in [-0.05, 0) is 24.6 Å². The number of aromatic nitrogens is 3. The predicted octanol–water partition coefficient (Wildman–Crippen LogP) is 1.78. The fourth-order valence-electron chi connectivity index (χ4n) is 2.31. The van der Waals surface area contributed by atoms with Gasteiger partial charge in [0.25, 0.3) is 0 Å². The highest BCUT2D eigenvalue weighted by molar-refractivity contribution is 5.26. The monoisotopic (exact) mass is 273 g/mol. The molecule has 2 rings (SSSR count). The van der Waals surface area contributed by atoms with Gasteiger partial charge in [-0.3, -0.25) is 4.90 Å². The zero-order valence-corrected chi connectivity index (χ0v) is 12.3. The summed E-state index contributed by atoms with van der Waals surface area (Å²) in [6, 6.07) is 8.35. The molecule has 0 fully saturated rings. The summed E-state index contributed by atoms with van der Waals surface area (Å²) in [5.41, 5.74) is 8.31. The highest BCUT2D eigenvalue weighted by Crippen LogP contribution is 2.13. The van der Waals surface area contributed by atoms with Gasteiger partial charge in [0, 0.05) is 19.6 Å². The molecule has 0 saturated carbocycles. The van der Waals surface area contributed by atoms with E-state index in [1.54, 1.807) is 6.33 Å². The normalized spacial score (nSPS) is 11.2. The molecule has 0 radical (unpaired) electrons. The second-order valence-electron chi connectivity index (χ2n) is 4.77. The van der Waals surface area contributed by atoms with Crippen LogP contribution in [0, 0.1) is 0 Å². The van der Waals surface area contributed by atoms with Gasteiger partial charge in [0.15, 0.2) is 0 Å². The van der Waals surface area contributed by atoms with Gasteiger partial charge in [0.2, 0.25) is 0 Å². The molecule has 0 unspecified atom stereocenters. The Hall–Kier alpha value is -1.72. The van der Waals surface area contributed by atoms with E-state index in [1.165, 1.54) is 11.1 Å². The molecule has 0 atom stereocenters. The molecule has 1 heterocycles. The van der Waals surface area contributed by atoms with E-state index in [4.69, 9.17) is 5.73 Å². The maximum Gasteiger partial charge on any atom is 0.141 e. The Balaban J connectivity index is 2.09. The molecule has 0 aliphatic rings. The highest BCUT2D eigenvalue weighted by atomic mass is 15.3. The van der Waals surface area contributed by atoms with Gasteiger partial charge in [-0.25, -0.2) is 9.67 Å². The van der Waals surface area contributed by atoms with E-state index in [-0.39, 0.29) is 0 Å². The van der Waals surface area contributed by atoms with Crippen LogP contribution in [0.25, 0.3) is 0 Å². The molecule has 2 aromatic rings. The number of nitrogens with two attached hydrogens (primary N) is 1. The zero-order valence-electron chi connectivity index (χ0n) is 12.3. The van der Waals surface area contributed by atoms with Crippen LogP contribution in [0.5, 0.6) is 0 Å². The van der Waals surface area contributed by atoms with Crippen LogP contribution in [0.1, 0.15) is 30.8 Å². The molecule has 0 amide bonds. The Kier molecular flexibility index (Phi) is 5.26. The molecule has 0 spiro atoms. The molecule has 5 nitrogen and oxygen atoms in total. The lowest BCUT2D eigenvalue weighted by molar-refractivity contribution is 0.258. The Morgan fingerprint density at radius 2 is 1.90 bits per heavy atom. The molecule has 0 bridgehead atoms. The fraction of sp³-hybridized carbons (Fsp3) is 0.467. The van der Waals surface area contributed by atoms with Crippen LogP contribution in [0.3, 0.4) is 0 Å². The summed E-state index contributed by atoms with van der Waals surface area (Å²) in [5.74, 6) is 1.01. The predicted molar refractivity (Wildman–Crippen MR) is 79.8 cm³/mol. The molecule has 5 heteroatoms. The summed E-state index contributed by atoms with van der Waals surface area (Å²) in [5, 5.41) is 4.22. The third kappa shape index (κ3) is 3.43.